The van der Waals surface area contributed by atoms with E-state index in [0.29, 0.717) is 109 Å². The fourth-order valence-corrected chi connectivity index (χ4v) is 15.4. The highest BCUT2D eigenvalue weighted by Gasteiger charge is 2.44. The van der Waals surface area contributed by atoms with Crippen LogP contribution in [0.5, 0.6) is 0 Å². The van der Waals surface area contributed by atoms with Crippen LogP contribution in [0.15, 0.2) is 0 Å². The molecule has 12 aliphatic rings. The van der Waals surface area contributed by atoms with Gasteiger partial charge in [0.25, 0.3) is 0 Å². The Balaban J connectivity index is -0.00000153. The smallest absolute Gasteiger partial charge is 0.226 e. The average molecular weight is 2110 g/mol. The lowest BCUT2D eigenvalue weighted by Gasteiger charge is -2.31. The fourth-order valence-electron chi connectivity index (χ4n) is 15.4. The second-order valence-electron chi connectivity index (χ2n) is 47.6. The molecule has 0 bridgehead atoms. The molecule has 0 aromatic carbocycles. The van der Waals surface area contributed by atoms with Gasteiger partial charge < -0.3 is 112 Å². The van der Waals surface area contributed by atoms with Crippen molar-refractivity contribution in [2.75, 3.05) is 21.1 Å². The van der Waals surface area contributed by atoms with Crippen molar-refractivity contribution in [2.24, 2.45) is 129 Å². The van der Waals surface area contributed by atoms with E-state index in [4.69, 9.17) is 33.1 Å². The van der Waals surface area contributed by atoms with Crippen molar-refractivity contribution in [2.45, 2.75) is 498 Å². The first-order valence-electron chi connectivity index (χ1n) is 56.1. The largest absolute Gasteiger partial charge is 0.393 e. The van der Waals surface area contributed by atoms with E-state index in [-0.39, 0.29) is 215 Å². The number of carbonyl (C=O) groups is 15. The lowest BCUT2D eigenvalue weighted by Crippen LogP contribution is -2.46. The molecule has 12 rings (SSSR count). The summed E-state index contributed by atoms with van der Waals surface area (Å²) >= 11 is 0. The number of primary amides is 1. The van der Waals surface area contributed by atoms with Gasteiger partial charge in [-0.2, -0.15) is 0 Å². The van der Waals surface area contributed by atoms with E-state index in [1.807, 2.05) is 194 Å². The number of hydrogen-bond donors (Lipinski definition) is 20. The van der Waals surface area contributed by atoms with Gasteiger partial charge in [0, 0.05) is 189 Å². The number of aliphatic hydroxyl groups is 3. The predicted molar refractivity (Wildman–Crippen MR) is 593 cm³/mol. The zero-order valence-corrected chi connectivity index (χ0v) is 98.7. The van der Waals surface area contributed by atoms with E-state index in [9.17, 15) is 77.0 Å². The van der Waals surface area contributed by atoms with Crippen LogP contribution in [-0.4, -0.2) is 239 Å². The highest BCUT2D eigenvalue weighted by atomic mass is 16.3. The van der Waals surface area contributed by atoms with Gasteiger partial charge in [0.1, 0.15) is 0 Å². The monoisotopic (exact) mass is 2100 g/mol. The molecule has 0 saturated heterocycles. The maximum atomic E-state index is 11.4. The van der Waals surface area contributed by atoms with Crippen LogP contribution in [0.2, 0.25) is 0 Å². The van der Waals surface area contributed by atoms with Gasteiger partial charge in [-0.1, -0.05) is 81.6 Å². The number of hydrogen-bond acceptors (Lipinski definition) is 21. The van der Waals surface area contributed by atoms with Gasteiger partial charge in [-0.15, -0.1) is 0 Å². The molecule has 864 valence electrons. The zero-order valence-electron chi connectivity index (χ0n) is 98.7. The maximum Gasteiger partial charge on any atom is 0.226 e. The maximum absolute atomic E-state index is 11.4. The Morgan fingerprint density at radius 3 is 0.669 bits per heavy atom. The standard InChI is InChI=1S/C9H18N2O.C9H17NO2.2C9H17NO.C8H16N2O.C8H15NO2.3C8H15NO.C7H14N2O.C7H13NO2.C7H13NO.C6H13NO.C5H11NO.C4H9NO/c1-6(2)11-9(12)7-3-4-8(10)5-7;1-6(2)10-9(12)7-3-4-8(11)5-7;1-6(2)10-9(11)8-4-7(3)5-8;1-7(2)10-9(11)8-5-3-4-6-8;1-5(2)10-8(11)6-3-7(9)4-6;1-5(2)9-8(11)6-3-7(10)4-6;2*1-5(2)9-8(10)7-4-6(7)3;1-6(2)9-8(10)7-4-3-5-7;1-4(2)9-7(10)5-3-6(5)8;1-4(2)8-7(10)5-3-6(5)9;1-5(2)8-7(9)6-3-4-6;1-5(2)6(8)7(3)4;1-4(2)5(7)6-3;1-3(2)4(5)6/h6-8H,3-5,10H2,1-2H3,(H,11,12);6-8,11H,3-5H2,1-2H3,(H,10,12);6-8H,4-5H2,1-3H3,(H,10,11);7-8H,3-6H2,1-2H3,(H,10,11);5-7H,3-4,9H2,1-2H3,(H,10,11);5-7,10H,3-4H2,1-2H3,(H,9,11);2*5-7H,4H2,1-3H3,(H,9,10);6-7H,3-5H2,1-2H3,(H,9,10);4-6H,3,8H2,1-2H3,(H,9,10);4-6,9H,3H2,1-2H3,(H,8,10);5-6H,3-4H2,1-2H3,(H,8,9);5H,1-4H3;4H,1-3H3,(H,6,7);3H,1-2H3,(H2,5,6)/t;;;;;;2*6-,7?;;;;;;;/m......10......./s1. The quantitative estimate of drug-likeness (QED) is 0.0363. The zero-order chi connectivity index (χ0) is 115. The molecular formula is C112H218N18O18. The van der Waals surface area contributed by atoms with Crippen LogP contribution < -0.4 is 92.1 Å². The molecule has 0 aromatic heterocycles. The Kier molecular flexibility index (Phi) is 74.3. The lowest BCUT2D eigenvalue weighted by atomic mass is 9.75. The first-order valence-corrected chi connectivity index (χ1v) is 56.1. The minimum absolute atomic E-state index is 0.00926. The Morgan fingerprint density at radius 1 is 0.257 bits per heavy atom. The summed E-state index contributed by atoms with van der Waals surface area (Å²) in [7, 11) is 5.17. The molecule has 0 aliphatic heterocycles. The van der Waals surface area contributed by atoms with Crippen LogP contribution in [0, 0.1) is 107 Å². The van der Waals surface area contributed by atoms with Crippen LogP contribution in [0.3, 0.4) is 0 Å². The van der Waals surface area contributed by atoms with E-state index in [2.05, 4.69) is 89.9 Å². The first-order chi connectivity index (χ1) is 68.4. The molecule has 12 fully saturated rings. The number of nitrogens with two attached hydrogens (primary N) is 4. The summed E-state index contributed by atoms with van der Waals surface area (Å²) < 4.78 is 0. The second-order valence-corrected chi connectivity index (χ2v) is 47.6. The molecule has 10 unspecified atom stereocenters. The third kappa shape index (κ3) is 73.1. The Bertz CT molecular complexity index is 3500. The summed E-state index contributed by atoms with van der Waals surface area (Å²) in [5.41, 5.74) is 21.5. The Labute approximate surface area is 893 Å². The van der Waals surface area contributed by atoms with Gasteiger partial charge in [-0.05, 0) is 325 Å². The van der Waals surface area contributed by atoms with Crippen molar-refractivity contribution in [3.05, 3.63) is 0 Å². The summed E-state index contributed by atoms with van der Waals surface area (Å²) in [6.45, 7) is 64.8. The summed E-state index contributed by atoms with van der Waals surface area (Å²) in [5.74, 6) is 6.80. The predicted octanol–water partition coefficient (Wildman–Crippen LogP) is 10.7. The van der Waals surface area contributed by atoms with Crippen LogP contribution in [0.4, 0.5) is 0 Å². The highest BCUT2D eigenvalue weighted by molar-refractivity contribution is 5.86. The number of carbonyl (C=O) groups excluding carboxylic acids is 15. The summed E-state index contributed by atoms with van der Waals surface area (Å²) in [5, 5.41) is 63.9. The average Bonchev–Trinajstić information content (AvgIpc) is 1.70. The van der Waals surface area contributed by atoms with Gasteiger partial charge >= 0.3 is 0 Å². The molecule has 24 N–H and O–H groups in total. The van der Waals surface area contributed by atoms with Crippen molar-refractivity contribution < 1.29 is 87.2 Å². The van der Waals surface area contributed by atoms with Gasteiger partial charge in [0.05, 0.1) is 30.1 Å². The molecule has 36 nitrogen and oxygen atoms in total. The van der Waals surface area contributed by atoms with Crippen LogP contribution in [0.25, 0.3) is 0 Å². The number of amides is 15. The SMILES string of the molecule is CC(C)C(=O)N(C)C.CC(C)C(N)=O.CC(C)NC(=O)C1CC(N)C1.CC(C)NC(=O)C1CC(O)C1.CC(C)NC(=O)C1CC1.CC(C)NC(=O)C1CC1N.CC(C)NC(=O)C1CC1O.CC(C)NC(=O)C1CCC(N)C1.CC(C)NC(=O)C1CCC(O)C1.CC(C)NC(=O)C1CCC1.CC(C)NC(=O)C1CCCC1.CC(C)NC(=O)C1C[C@@H]1C.CC(C)NC(=O)C1C[C@H]1C.CC1CC(C(=O)NC(C)C)C1.CNC(=O)C(C)C. The lowest BCUT2D eigenvalue weighted by molar-refractivity contribution is -0.132. The van der Waals surface area contributed by atoms with Crippen molar-refractivity contribution in [1.29, 1.82) is 0 Å². The molecule has 36 heteroatoms. The van der Waals surface area contributed by atoms with Gasteiger partial charge in [-0.25, -0.2) is 0 Å². The number of nitrogens with zero attached hydrogens (tertiary/aromatic N) is 1. The van der Waals surface area contributed by atoms with E-state index in [0.717, 1.165) is 121 Å². The number of aliphatic hydroxyl groups excluding tert-OH is 3. The van der Waals surface area contributed by atoms with Gasteiger partial charge in [0.2, 0.25) is 88.6 Å². The van der Waals surface area contributed by atoms with Crippen molar-refractivity contribution in [3.8, 4) is 0 Å². The van der Waals surface area contributed by atoms with Crippen LogP contribution >= 0.6 is 0 Å². The minimum atomic E-state index is -0.376. The van der Waals surface area contributed by atoms with Gasteiger partial charge in [0.15, 0.2) is 0 Å². The summed E-state index contributed by atoms with van der Waals surface area (Å²) in [6.07, 6.45) is 23.3. The summed E-state index contributed by atoms with van der Waals surface area (Å²) in [6, 6.07) is 3.72. The van der Waals surface area contributed by atoms with E-state index in [1.54, 1.807) is 39.9 Å². The van der Waals surface area contributed by atoms with Crippen LogP contribution in [0.1, 0.15) is 389 Å². The third-order valence-electron chi connectivity index (χ3n) is 25.2. The number of nitrogens with one attached hydrogen (secondary N) is 13. The second kappa shape index (κ2) is 76.4. The van der Waals surface area contributed by atoms with E-state index >= 15 is 0 Å². The third-order valence-corrected chi connectivity index (χ3v) is 25.2. The van der Waals surface area contributed by atoms with E-state index < -0.39 is 0 Å². The molecule has 0 heterocycles. The van der Waals surface area contributed by atoms with Crippen LogP contribution in [-0.2, 0) is 71.9 Å². The molecule has 12 aliphatic carbocycles. The van der Waals surface area contributed by atoms with E-state index in [1.165, 1.54) is 19.3 Å². The molecule has 148 heavy (non-hydrogen) atoms. The molecule has 0 aromatic rings. The van der Waals surface area contributed by atoms with Gasteiger partial charge in [-0.3, -0.25) is 71.9 Å². The normalized spacial score (nSPS) is 24.7. The molecule has 15 amide bonds. The fraction of sp³-hybridized carbons (Fsp3) is 0.866. The van der Waals surface area contributed by atoms with Crippen molar-refractivity contribution >= 4 is 88.6 Å². The minimum Gasteiger partial charge on any atom is -0.393 e. The topological polar surface area (TPSA) is 580 Å². The Morgan fingerprint density at radius 2 is 0.486 bits per heavy atom. The molecule has 0 spiro atoms. The Hall–Kier alpha value is -8.19. The molecular weight excluding hydrogens is 1890 g/mol. The molecule has 12 atom stereocenters. The first kappa shape index (κ1) is 144. The molecule has 12 saturated carbocycles. The molecule has 0 radical (unpaired) electrons. The highest BCUT2D eigenvalue weighted by Crippen LogP contribution is 2.39. The summed E-state index contributed by atoms with van der Waals surface area (Å²) in [4.78, 5) is 167. The van der Waals surface area contributed by atoms with Crippen molar-refractivity contribution in [1.82, 2.24) is 74.0 Å². The number of rotatable bonds is 27. The van der Waals surface area contributed by atoms with Crippen molar-refractivity contribution in [3.63, 3.8) is 0 Å².